The molecule has 0 radical (unpaired) electrons. The number of aryl methyl sites for hydroxylation is 1. The van der Waals surface area contributed by atoms with E-state index in [1.54, 1.807) is 0 Å². The van der Waals surface area contributed by atoms with Gasteiger partial charge < -0.3 is 19.9 Å². The van der Waals surface area contributed by atoms with Gasteiger partial charge in [-0.15, -0.1) is 0 Å². The number of hydrogen-bond donors (Lipinski definition) is 3. The van der Waals surface area contributed by atoms with Crippen LogP contribution in [0.1, 0.15) is 19.4 Å². The molecule has 0 fully saturated rings. The van der Waals surface area contributed by atoms with E-state index in [1.165, 1.54) is 6.92 Å². The summed E-state index contributed by atoms with van der Waals surface area (Å²) in [6.07, 6.45) is -18.5. The highest BCUT2D eigenvalue weighted by Gasteiger charge is 2.87. The third-order valence-corrected chi connectivity index (χ3v) is 11.3. The second-order valence-corrected chi connectivity index (χ2v) is 14.9. The second kappa shape index (κ2) is 17.2. The van der Waals surface area contributed by atoms with E-state index >= 15 is 0 Å². The Bertz CT molecular complexity index is 1780. The number of amides is 1. The van der Waals surface area contributed by atoms with Gasteiger partial charge in [0.25, 0.3) is 20.0 Å². The molecule has 1 aromatic rings. The first-order valence-electron chi connectivity index (χ1n) is 14.8. The molecule has 0 aliphatic heterocycles. The number of rotatable bonds is 20. The predicted octanol–water partition coefficient (Wildman–Crippen LogP) is 6.40. The molecule has 1 unspecified atom stereocenters. The van der Waals surface area contributed by atoms with E-state index in [9.17, 15) is 106 Å². The van der Waals surface area contributed by atoms with Crippen LogP contribution in [-0.2, 0) is 29.5 Å². The number of likely N-dealkylation sites (N-methyl/N-ethyl adjacent to an activating group) is 2. The van der Waals surface area contributed by atoms with Crippen LogP contribution in [0.4, 0.5) is 95.2 Å². The number of halogens is 18. The third kappa shape index (κ3) is 9.81. The Labute approximate surface area is 309 Å². The number of hydrogen-bond acceptors (Lipinski definition) is 9. The Kier molecular flexibility index (Phi) is 15.6. The Balaban J connectivity index is 2.98. The van der Waals surface area contributed by atoms with E-state index in [2.05, 4.69) is 14.8 Å². The van der Waals surface area contributed by atoms with Gasteiger partial charge in [-0.1, -0.05) is 19.9 Å². The molecule has 1 rings (SSSR count). The summed E-state index contributed by atoms with van der Waals surface area (Å²) >= 11 is 0. The van der Waals surface area contributed by atoms with Crippen molar-refractivity contribution in [1.29, 1.82) is 0 Å². The molecule has 1 amide bonds. The minimum Gasteiger partial charge on any atom is -0.448 e. The molecular formula is C25H28F18N4O8S2. The average molecular weight is 919 g/mol. The van der Waals surface area contributed by atoms with Crippen LogP contribution in [-0.4, -0.2) is 129 Å². The highest BCUT2D eigenvalue weighted by molar-refractivity contribution is 7.90. The Morgan fingerprint density at radius 3 is 1.44 bits per heavy atom. The highest BCUT2D eigenvalue weighted by atomic mass is 32.2. The summed E-state index contributed by atoms with van der Waals surface area (Å²) in [5.74, 6) is -30.1. The zero-order valence-electron chi connectivity index (χ0n) is 28.4. The summed E-state index contributed by atoms with van der Waals surface area (Å²) in [6, 6.07) is 3.17. The maximum Gasteiger partial charge on any atom is 0.460 e. The molecule has 1 aromatic carbocycles. The van der Waals surface area contributed by atoms with Crippen LogP contribution in [0.15, 0.2) is 18.2 Å². The lowest BCUT2D eigenvalue weighted by Gasteiger charge is -2.35. The summed E-state index contributed by atoms with van der Waals surface area (Å²) in [5, 5.41) is -0.0486. The average Bonchev–Trinajstić information content (AvgIpc) is 3.04. The van der Waals surface area contributed by atoms with Crippen LogP contribution in [0.2, 0.25) is 0 Å². The highest BCUT2D eigenvalue weighted by Crippen LogP contribution is 2.56. The van der Waals surface area contributed by atoms with Crippen molar-refractivity contribution in [2.45, 2.75) is 73.7 Å². The van der Waals surface area contributed by atoms with E-state index in [0.29, 0.717) is 13.8 Å². The van der Waals surface area contributed by atoms with Crippen LogP contribution in [0.25, 0.3) is 0 Å². The normalized spacial score (nSPS) is 15.2. The molecule has 1 atom stereocenters. The maximum absolute atomic E-state index is 14.2. The topological polar surface area (TPSA) is 155 Å². The van der Waals surface area contributed by atoms with Gasteiger partial charge >= 0.3 is 52.6 Å². The first kappa shape index (κ1) is 51.8. The van der Waals surface area contributed by atoms with Gasteiger partial charge in [0, 0.05) is 37.6 Å². The number of carbonyl (C=O) groups excluding carboxylic acids is 1. The van der Waals surface area contributed by atoms with Crippen molar-refractivity contribution in [3.05, 3.63) is 23.8 Å². The number of aliphatic hydroxyl groups is 1. The smallest absolute Gasteiger partial charge is 0.448 e. The van der Waals surface area contributed by atoms with Crippen molar-refractivity contribution in [1.82, 2.24) is 8.61 Å². The summed E-state index contributed by atoms with van der Waals surface area (Å²) in [6.45, 7) is -5.36. The molecule has 0 saturated carbocycles. The lowest BCUT2D eigenvalue weighted by molar-refractivity contribution is -0.382. The fourth-order valence-electron chi connectivity index (χ4n) is 3.95. The van der Waals surface area contributed by atoms with Gasteiger partial charge in [0.15, 0.2) is 0 Å². The lowest BCUT2D eigenvalue weighted by Crippen LogP contribution is -2.65. The molecule has 0 spiro atoms. The number of sulfonamides is 2. The zero-order valence-corrected chi connectivity index (χ0v) is 30.0. The second-order valence-electron chi connectivity index (χ2n) is 11.0. The van der Waals surface area contributed by atoms with Gasteiger partial charge in [0.2, 0.25) is 6.41 Å². The van der Waals surface area contributed by atoms with Crippen molar-refractivity contribution in [2.24, 2.45) is 0 Å². The molecule has 3 N–H and O–H groups in total. The molecule has 0 aliphatic rings. The predicted molar refractivity (Wildman–Crippen MR) is 156 cm³/mol. The van der Waals surface area contributed by atoms with Gasteiger partial charge in [-0.3, -0.25) is 5.32 Å². The van der Waals surface area contributed by atoms with Crippen LogP contribution in [0.5, 0.6) is 0 Å². The molecule has 0 heterocycles. The van der Waals surface area contributed by atoms with E-state index in [1.807, 2.05) is 5.32 Å². The standard InChI is InChI=1S/C25H28F18N4O8S2/c1-4-46(56(50,51)24(40,41)20(30,31)18(26,27)22(34,35)36)8-10-54-16(48)44-14-7-6-13(3)15(12-14)45-17(49)55-11-9-47(5-2)57(52,53)25(42,43)21(32,33)19(28,29)23(37,38)39/h6-7,12,16,44,48H,4-5,8-11H2,1-3H3,(H,45,49). The van der Waals surface area contributed by atoms with Gasteiger partial charge in [-0.2, -0.15) is 87.6 Å². The minimum absolute atomic E-state index is 0.121. The van der Waals surface area contributed by atoms with E-state index in [-0.39, 0.29) is 16.9 Å². The largest absolute Gasteiger partial charge is 0.460 e. The SMILES string of the molecule is CCN(CCOC(=O)Nc1cc(NC(O)OCCN(CC)S(=O)(=O)C(F)(F)C(F)(F)C(F)(F)C(F)(F)F)ccc1C)S(=O)(=O)C(F)(F)C(F)(F)C(F)(F)C(F)(F)F. The third-order valence-electron chi connectivity index (χ3n) is 7.22. The molecule has 0 saturated heterocycles. The summed E-state index contributed by atoms with van der Waals surface area (Å²) in [5.41, 5.74) is -0.443. The Hall–Kier alpha value is -3.23. The van der Waals surface area contributed by atoms with E-state index < -0.39 is 127 Å². The van der Waals surface area contributed by atoms with Crippen molar-refractivity contribution in [3.8, 4) is 0 Å². The zero-order chi connectivity index (χ0) is 45.2. The van der Waals surface area contributed by atoms with Crippen molar-refractivity contribution in [3.63, 3.8) is 0 Å². The van der Waals surface area contributed by atoms with Crippen LogP contribution in [0.3, 0.4) is 0 Å². The molecule has 0 bridgehead atoms. The molecule has 32 heteroatoms. The summed E-state index contributed by atoms with van der Waals surface area (Å²) in [4.78, 5) is 12.2. The first-order valence-corrected chi connectivity index (χ1v) is 17.7. The molecule has 334 valence electrons. The summed E-state index contributed by atoms with van der Waals surface area (Å²) < 4.78 is 295. The quantitative estimate of drug-likeness (QED) is 0.0996. The van der Waals surface area contributed by atoms with Gasteiger partial charge in [-0.05, 0) is 24.6 Å². The number of alkyl halides is 18. The molecule has 0 aromatic heterocycles. The minimum atomic E-state index is -7.53. The van der Waals surface area contributed by atoms with Crippen LogP contribution in [0, 0.1) is 6.92 Å². The van der Waals surface area contributed by atoms with Gasteiger partial charge in [0.05, 0.1) is 6.61 Å². The first-order chi connectivity index (χ1) is 25.3. The molecule has 12 nitrogen and oxygen atoms in total. The Morgan fingerprint density at radius 1 is 0.684 bits per heavy atom. The number of nitrogens with zero attached hydrogens (tertiary/aromatic N) is 2. The number of benzene rings is 1. The van der Waals surface area contributed by atoms with Crippen LogP contribution < -0.4 is 10.6 Å². The fourth-order valence-corrected chi connectivity index (χ4v) is 6.81. The number of aliphatic hydroxyl groups excluding tert-OH is 1. The van der Waals surface area contributed by atoms with Crippen molar-refractivity contribution >= 4 is 37.5 Å². The maximum atomic E-state index is 14.2. The van der Waals surface area contributed by atoms with Crippen molar-refractivity contribution < 1.29 is 115 Å². The Morgan fingerprint density at radius 2 is 1.07 bits per heavy atom. The number of anilines is 2. The summed E-state index contributed by atoms with van der Waals surface area (Å²) in [7, 11) is -14.0. The fraction of sp³-hybridized carbons (Fsp3) is 0.720. The number of carbonyl (C=O) groups is 1. The monoisotopic (exact) mass is 918 g/mol. The lowest BCUT2D eigenvalue weighted by atomic mass is 10.1. The number of ether oxygens (including phenoxy) is 2. The number of nitrogens with one attached hydrogen (secondary N) is 2. The van der Waals surface area contributed by atoms with Crippen LogP contribution >= 0.6 is 0 Å². The van der Waals surface area contributed by atoms with Crippen molar-refractivity contribution in [2.75, 3.05) is 50.0 Å². The van der Waals surface area contributed by atoms with E-state index in [4.69, 9.17) is 0 Å². The van der Waals surface area contributed by atoms with E-state index in [0.717, 1.165) is 18.2 Å². The van der Waals surface area contributed by atoms with Gasteiger partial charge in [-0.25, -0.2) is 21.6 Å². The molecule has 0 aliphatic carbocycles. The molecule has 57 heavy (non-hydrogen) atoms. The van der Waals surface area contributed by atoms with Gasteiger partial charge in [0.1, 0.15) is 6.61 Å². The molecular weight excluding hydrogens is 890 g/mol.